The Hall–Kier alpha value is -3.13. The first-order valence-electron chi connectivity index (χ1n) is 11.4. The fraction of sp³-hybridized carbons (Fsp3) is 0.308. The van der Waals surface area contributed by atoms with E-state index in [1.54, 1.807) is 13.3 Å². The Morgan fingerprint density at radius 3 is 2.85 bits per heavy atom. The smallest absolute Gasteiger partial charge is 0.242 e. The first-order valence-corrected chi connectivity index (χ1v) is 11.8. The summed E-state index contributed by atoms with van der Waals surface area (Å²) in [6, 6.07) is 15.7. The Morgan fingerprint density at radius 1 is 1.15 bits per heavy atom. The first-order chi connectivity index (χ1) is 16.6. The maximum Gasteiger partial charge on any atom is 0.242 e. The predicted molar refractivity (Wildman–Crippen MR) is 136 cm³/mol. The summed E-state index contributed by atoms with van der Waals surface area (Å²) < 4.78 is 5.44. The van der Waals surface area contributed by atoms with Gasteiger partial charge in [-0.2, -0.15) is 0 Å². The molecule has 0 spiro atoms. The lowest BCUT2D eigenvalue weighted by Crippen LogP contribution is -2.57. The van der Waals surface area contributed by atoms with Crippen molar-refractivity contribution in [3.05, 3.63) is 71.0 Å². The molecule has 0 bridgehead atoms. The number of rotatable bonds is 7. The minimum atomic E-state index is -0.330. The fourth-order valence-corrected chi connectivity index (χ4v) is 4.94. The largest absolute Gasteiger partial charge is 0.388 e. The van der Waals surface area contributed by atoms with Gasteiger partial charge in [-0.05, 0) is 42.0 Å². The van der Waals surface area contributed by atoms with Gasteiger partial charge in [0.15, 0.2) is 0 Å². The van der Waals surface area contributed by atoms with Crippen LogP contribution >= 0.6 is 11.6 Å². The number of ether oxygens (including phenoxy) is 1. The van der Waals surface area contributed by atoms with E-state index in [1.165, 1.54) is 0 Å². The number of aromatic amines is 1. The van der Waals surface area contributed by atoms with Crippen LogP contribution in [0.1, 0.15) is 11.3 Å². The highest BCUT2D eigenvalue weighted by Crippen LogP contribution is 2.25. The number of piperazine rings is 1. The second-order valence-electron chi connectivity index (χ2n) is 8.69. The number of aromatic nitrogens is 2. The molecule has 4 aromatic rings. The summed E-state index contributed by atoms with van der Waals surface area (Å²) in [5.41, 5.74) is 5.13. The maximum atomic E-state index is 13.5. The van der Waals surface area contributed by atoms with Crippen molar-refractivity contribution in [2.45, 2.75) is 19.1 Å². The molecule has 2 aromatic carbocycles. The molecule has 1 aliphatic heterocycles. The van der Waals surface area contributed by atoms with Crippen LogP contribution < -0.4 is 5.32 Å². The van der Waals surface area contributed by atoms with Crippen molar-refractivity contribution in [3.63, 3.8) is 0 Å². The average molecular weight is 478 g/mol. The Kier molecular flexibility index (Phi) is 6.41. The van der Waals surface area contributed by atoms with Gasteiger partial charge in [0.05, 0.1) is 12.1 Å². The van der Waals surface area contributed by atoms with Gasteiger partial charge in [0.1, 0.15) is 6.04 Å². The zero-order valence-electron chi connectivity index (χ0n) is 19.3. The number of carbonyl (C=O) groups is 1. The lowest BCUT2D eigenvalue weighted by atomic mass is 10.1. The number of nitrogens with zero attached hydrogens (tertiary/aromatic N) is 3. The van der Waals surface area contributed by atoms with Crippen LogP contribution in [-0.4, -0.2) is 65.6 Å². The summed E-state index contributed by atoms with van der Waals surface area (Å²) in [6.07, 6.45) is 1.80. The van der Waals surface area contributed by atoms with Crippen molar-refractivity contribution < 1.29 is 9.53 Å². The van der Waals surface area contributed by atoms with E-state index in [9.17, 15) is 4.79 Å². The van der Waals surface area contributed by atoms with E-state index in [0.717, 1.165) is 45.3 Å². The number of pyridine rings is 1. The number of nitrogens with one attached hydrogen (secondary N) is 2. The standard InChI is InChI=1S/C26H28ClN5O2/c1-28-23-7-8-29-24-11-17(3-5-21(23)24)14-32-10-9-31(25(16-34-2)26(32)33)15-20-13-18-12-19(27)4-6-22(18)30-20/h3-8,11-13,25,30H,9-10,14-16H2,1-2H3,(H,28,29). The number of benzene rings is 2. The number of halogens is 1. The van der Waals surface area contributed by atoms with Crippen LogP contribution in [-0.2, 0) is 22.6 Å². The van der Waals surface area contributed by atoms with Crippen LogP contribution in [0.3, 0.4) is 0 Å². The van der Waals surface area contributed by atoms with Gasteiger partial charge in [-0.25, -0.2) is 0 Å². The molecule has 1 atom stereocenters. The normalized spacial score (nSPS) is 17.1. The maximum absolute atomic E-state index is 13.5. The van der Waals surface area contributed by atoms with E-state index in [0.29, 0.717) is 31.3 Å². The molecule has 0 aliphatic carbocycles. The van der Waals surface area contributed by atoms with Gasteiger partial charge in [-0.15, -0.1) is 0 Å². The van der Waals surface area contributed by atoms with Crippen LogP contribution in [0.4, 0.5) is 5.69 Å². The minimum absolute atomic E-state index is 0.0873. The summed E-state index contributed by atoms with van der Waals surface area (Å²) in [4.78, 5) is 25.5. The molecular formula is C26H28ClN5O2. The third-order valence-electron chi connectivity index (χ3n) is 6.48. The number of methoxy groups -OCH3 is 1. The highest BCUT2D eigenvalue weighted by molar-refractivity contribution is 6.31. The summed E-state index contributed by atoms with van der Waals surface area (Å²) in [7, 11) is 3.55. The van der Waals surface area contributed by atoms with Crippen molar-refractivity contribution in [1.82, 2.24) is 19.8 Å². The van der Waals surface area contributed by atoms with E-state index in [-0.39, 0.29) is 11.9 Å². The van der Waals surface area contributed by atoms with Gasteiger partial charge in [-0.1, -0.05) is 23.7 Å². The van der Waals surface area contributed by atoms with Crippen molar-refractivity contribution in [2.75, 3.05) is 39.2 Å². The summed E-state index contributed by atoms with van der Waals surface area (Å²) >= 11 is 6.14. The second kappa shape index (κ2) is 9.62. The van der Waals surface area contributed by atoms with Crippen LogP contribution in [0.2, 0.25) is 5.02 Å². The molecule has 0 radical (unpaired) electrons. The summed E-state index contributed by atoms with van der Waals surface area (Å²) in [6.45, 7) is 2.98. The van der Waals surface area contributed by atoms with Gasteiger partial charge in [0.25, 0.3) is 0 Å². The quantitative estimate of drug-likeness (QED) is 0.416. The SMILES string of the molecule is CNc1ccnc2cc(CN3CCN(Cc4cc5cc(Cl)ccc5[nH]4)C(COC)C3=O)ccc12. The van der Waals surface area contributed by atoms with Crippen LogP contribution in [0.5, 0.6) is 0 Å². The molecule has 34 heavy (non-hydrogen) atoms. The third kappa shape index (κ3) is 4.46. The number of amides is 1. The highest BCUT2D eigenvalue weighted by Gasteiger charge is 2.35. The molecule has 1 fully saturated rings. The van der Waals surface area contributed by atoms with Gasteiger partial charge >= 0.3 is 0 Å². The predicted octanol–water partition coefficient (Wildman–Crippen LogP) is 4.27. The molecular weight excluding hydrogens is 450 g/mol. The molecule has 5 rings (SSSR count). The lowest BCUT2D eigenvalue weighted by molar-refractivity contribution is -0.145. The molecule has 3 heterocycles. The van der Waals surface area contributed by atoms with Crippen LogP contribution in [0.15, 0.2) is 54.7 Å². The Labute approximate surface area is 203 Å². The van der Waals surface area contributed by atoms with Crippen LogP contribution in [0, 0.1) is 0 Å². The number of carbonyl (C=O) groups excluding carboxylic acids is 1. The van der Waals surface area contributed by atoms with Crippen molar-refractivity contribution >= 4 is 45.0 Å². The Morgan fingerprint density at radius 2 is 2.03 bits per heavy atom. The number of anilines is 1. The molecule has 2 N–H and O–H groups in total. The third-order valence-corrected chi connectivity index (χ3v) is 6.72. The van der Waals surface area contributed by atoms with Gasteiger partial charge in [-0.3, -0.25) is 14.7 Å². The molecule has 1 aliphatic rings. The minimum Gasteiger partial charge on any atom is -0.388 e. The van der Waals surface area contributed by atoms with Crippen molar-refractivity contribution in [3.8, 4) is 0 Å². The molecule has 8 heteroatoms. The van der Waals surface area contributed by atoms with Crippen LogP contribution in [0.25, 0.3) is 21.8 Å². The molecule has 7 nitrogen and oxygen atoms in total. The number of hydrogen-bond donors (Lipinski definition) is 2. The van der Waals surface area contributed by atoms with Gasteiger partial charge in [0, 0.05) is 79.2 Å². The van der Waals surface area contributed by atoms with Crippen molar-refractivity contribution in [2.24, 2.45) is 0 Å². The summed E-state index contributed by atoms with van der Waals surface area (Å²) in [5, 5.41) is 6.06. The zero-order valence-corrected chi connectivity index (χ0v) is 20.1. The Bertz CT molecular complexity index is 1340. The number of hydrogen-bond acceptors (Lipinski definition) is 5. The van der Waals surface area contributed by atoms with Crippen molar-refractivity contribution in [1.29, 1.82) is 0 Å². The van der Waals surface area contributed by atoms with E-state index in [4.69, 9.17) is 16.3 Å². The second-order valence-corrected chi connectivity index (χ2v) is 9.12. The molecule has 0 saturated carbocycles. The number of H-pyrrole nitrogens is 1. The molecule has 176 valence electrons. The molecule has 2 aromatic heterocycles. The van der Waals surface area contributed by atoms with E-state index in [1.807, 2.05) is 36.2 Å². The first kappa shape index (κ1) is 22.7. The topological polar surface area (TPSA) is 73.5 Å². The average Bonchev–Trinajstić information content (AvgIpc) is 3.24. The van der Waals surface area contributed by atoms with Gasteiger partial charge < -0.3 is 19.9 Å². The monoisotopic (exact) mass is 477 g/mol. The van der Waals surface area contributed by atoms with Gasteiger partial charge in [0.2, 0.25) is 5.91 Å². The molecule has 1 amide bonds. The molecule has 1 saturated heterocycles. The fourth-order valence-electron chi connectivity index (χ4n) is 4.76. The highest BCUT2D eigenvalue weighted by atomic mass is 35.5. The summed E-state index contributed by atoms with van der Waals surface area (Å²) in [5.74, 6) is 0.0873. The van der Waals surface area contributed by atoms with E-state index < -0.39 is 0 Å². The molecule has 1 unspecified atom stereocenters. The van der Waals surface area contributed by atoms with E-state index in [2.05, 4.69) is 44.5 Å². The number of fused-ring (bicyclic) bond motifs is 2. The Balaban J connectivity index is 1.32. The van der Waals surface area contributed by atoms with E-state index >= 15 is 0 Å². The lowest BCUT2D eigenvalue weighted by Gasteiger charge is -2.40. The zero-order chi connectivity index (χ0) is 23.7.